The first kappa shape index (κ1) is 11.4. The second-order valence-electron chi connectivity index (χ2n) is 4.15. The van der Waals surface area contributed by atoms with Gasteiger partial charge in [-0.3, -0.25) is 10.1 Å². The van der Waals surface area contributed by atoms with Crippen LogP contribution in [-0.4, -0.2) is 9.49 Å². The van der Waals surface area contributed by atoms with Crippen molar-refractivity contribution in [2.24, 2.45) is 7.05 Å². The smallest absolute Gasteiger partial charge is 0.269 e. The molecule has 0 unspecified atom stereocenters. The summed E-state index contributed by atoms with van der Waals surface area (Å²) in [6, 6.07) is 8.75. The highest BCUT2D eigenvalue weighted by Gasteiger charge is 2.10. The average molecular weight is 230 g/mol. The Bertz CT molecular complexity index is 568. The molecule has 0 atom stereocenters. The summed E-state index contributed by atoms with van der Waals surface area (Å²) in [7, 11) is 2.01. The summed E-state index contributed by atoms with van der Waals surface area (Å²) in [4.78, 5) is 10.2. The van der Waals surface area contributed by atoms with Crippen LogP contribution in [-0.2, 0) is 7.05 Å². The van der Waals surface area contributed by atoms with Crippen LogP contribution in [0.15, 0.2) is 30.3 Å². The standard InChI is InChI=1S/C13H14N2O2/c1-9-8-13(10(2)14(9)3)11-4-6-12(7-5-11)15(16)17/h4-8H,1-3H3. The molecule has 0 N–H and O–H groups in total. The third-order valence-electron chi connectivity index (χ3n) is 3.16. The van der Waals surface area contributed by atoms with Crippen LogP contribution in [0.3, 0.4) is 0 Å². The number of nitrogens with zero attached hydrogens (tertiary/aromatic N) is 2. The Kier molecular flexibility index (Phi) is 2.71. The van der Waals surface area contributed by atoms with Crippen LogP contribution in [0.2, 0.25) is 0 Å². The Morgan fingerprint density at radius 3 is 2.18 bits per heavy atom. The van der Waals surface area contributed by atoms with E-state index in [2.05, 4.69) is 10.6 Å². The van der Waals surface area contributed by atoms with Gasteiger partial charge in [-0.15, -0.1) is 0 Å². The van der Waals surface area contributed by atoms with E-state index in [1.807, 2.05) is 20.9 Å². The number of hydrogen-bond acceptors (Lipinski definition) is 2. The SMILES string of the molecule is Cc1cc(-c2ccc([N+](=O)[O-])cc2)c(C)n1C. The molecule has 88 valence electrons. The fourth-order valence-electron chi connectivity index (χ4n) is 1.91. The molecule has 2 aromatic rings. The first-order valence-electron chi connectivity index (χ1n) is 5.38. The average Bonchev–Trinajstić information content (AvgIpc) is 2.57. The number of nitro benzene ring substituents is 1. The van der Waals surface area contributed by atoms with Crippen LogP contribution in [0.4, 0.5) is 5.69 Å². The maximum absolute atomic E-state index is 10.6. The number of rotatable bonds is 2. The summed E-state index contributed by atoms with van der Waals surface area (Å²) in [5.41, 5.74) is 4.60. The monoisotopic (exact) mass is 230 g/mol. The minimum atomic E-state index is -0.382. The van der Waals surface area contributed by atoms with E-state index in [9.17, 15) is 10.1 Å². The molecule has 0 aliphatic heterocycles. The van der Waals surface area contributed by atoms with E-state index in [0.29, 0.717) is 0 Å². The second-order valence-corrected chi connectivity index (χ2v) is 4.15. The van der Waals surface area contributed by atoms with Crippen LogP contribution >= 0.6 is 0 Å². The van der Waals surface area contributed by atoms with E-state index >= 15 is 0 Å². The number of aromatic nitrogens is 1. The molecule has 0 spiro atoms. The summed E-state index contributed by atoms with van der Waals surface area (Å²) in [5.74, 6) is 0. The van der Waals surface area contributed by atoms with Gasteiger partial charge in [-0.1, -0.05) is 0 Å². The first-order valence-corrected chi connectivity index (χ1v) is 5.38. The van der Waals surface area contributed by atoms with Gasteiger partial charge < -0.3 is 4.57 Å². The molecule has 0 amide bonds. The molecule has 0 fully saturated rings. The van der Waals surface area contributed by atoms with Crippen molar-refractivity contribution >= 4 is 5.69 Å². The number of benzene rings is 1. The van der Waals surface area contributed by atoms with Crippen molar-refractivity contribution < 1.29 is 4.92 Å². The number of aryl methyl sites for hydroxylation is 1. The number of nitro groups is 1. The van der Waals surface area contributed by atoms with Crippen molar-refractivity contribution in [2.75, 3.05) is 0 Å². The fraction of sp³-hybridized carbons (Fsp3) is 0.231. The van der Waals surface area contributed by atoms with Crippen molar-refractivity contribution in [2.45, 2.75) is 13.8 Å². The highest BCUT2D eigenvalue weighted by atomic mass is 16.6. The summed E-state index contributed by atoms with van der Waals surface area (Å²) in [6.45, 7) is 4.09. The van der Waals surface area contributed by atoms with E-state index in [1.54, 1.807) is 12.1 Å². The molecule has 0 radical (unpaired) electrons. The summed E-state index contributed by atoms with van der Waals surface area (Å²) >= 11 is 0. The summed E-state index contributed by atoms with van der Waals surface area (Å²) in [6.07, 6.45) is 0. The van der Waals surface area contributed by atoms with Crippen molar-refractivity contribution in [3.8, 4) is 11.1 Å². The molecule has 0 aliphatic rings. The zero-order valence-electron chi connectivity index (χ0n) is 10.1. The van der Waals surface area contributed by atoms with Crippen molar-refractivity contribution in [1.29, 1.82) is 0 Å². The number of non-ortho nitro benzene ring substituents is 1. The van der Waals surface area contributed by atoms with Gasteiger partial charge in [0.25, 0.3) is 5.69 Å². The second kappa shape index (κ2) is 4.05. The van der Waals surface area contributed by atoms with Crippen LogP contribution in [0.5, 0.6) is 0 Å². The molecule has 2 rings (SSSR count). The van der Waals surface area contributed by atoms with E-state index in [-0.39, 0.29) is 10.6 Å². The normalized spacial score (nSPS) is 10.5. The molecule has 0 saturated heterocycles. The van der Waals surface area contributed by atoms with Crippen LogP contribution < -0.4 is 0 Å². The first-order chi connectivity index (χ1) is 8.00. The lowest BCUT2D eigenvalue weighted by atomic mass is 10.1. The van der Waals surface area contributed by atoms with Crippen molar-refractivity contribution in [3.63, 3.8) is 0 Å². The third-order valence-corrected chi connectivity index (χ3v) is 3.16. The van der Waals surface area contributed by atoms with Gasteiger partial charge in [0.05, 0.1) is 4.92 Å². The molecule has 1 heterocycles. The zero-order chi connectivity index (χ0) is 12.6. The summed E-state index contributed by atoms with van der Waals surface area (Å²) in [5, 5.41) is 10.6. The molecule has 17 heavy (non-hydrogen) atoms. The Labute approximate surface area is 99.7 Å². The van der Waals surface area contributed by atoms with E-state index in [1.165, 1.54) is 17.8 Å². The molecular formula is C13H14N2O2. The zero-order valence-corrected chi connectivity index (χ0v) is 10.1. The maximum Gasteiger partial charge on any atom is 0.269 e. The lowest BCUT2D eigenvalue weighted by Crippen LogP contribution is -1.93. The van der Waals surface area contributed by atoms with Gasteiger partial charge >= 0.3 is 0 Å². The fourth-order valence-corrected chi connectivity index (χ4v) is 1.91. The van der Waals surface area contributed by atoms with E-state index < -0.39 is 0 Å². The Balaban J connectivity index is 2.47. The quantitative estimate of drug-likeness (QED) is 0.587. The molecule has 0 aliphatic carbocycles. The lowest BCUT2D eigenvalue weighted by Gasteiger charge is -2.02. The van der Waals surface area contributed by atoms with E-state index in [4.69, 9.17) is 0 Å². The molecule has 1 aromatic heterocycles. The molecule has 1 aromatic carbocycles. The lowest BCUT2D eigenvalue weighted by molar-refractivity contribution is -0.384. The molecule has 4 heteroatoms. The third kappa shape index (κ3) is 1.93. The van der Waals surface area contributed by atoms with Gasteiger partial charge in [-0.05, 0) is 37.6 Å². The predicted octanol–water partition coefficient (Wildman–Crippen LogP) is 3.22. The summed E-state index contributed by atoms with van der Waals surface area (Å²) < 4.78 is 2.11. The van der Waals surface area contributed by atoms with Crippen molar-refractivity contribution in [1.82, 2.24) is 4.57 Å². The Morgan fingerprint density at radius 1 is 1.18 bits per heavy atom. The van der Waals surface area contributed by atoms with Gasteiger partial charge in [-0.2, -0.15) is 0 Å². The van der Waals surface area contributed by atoms with Crippen molar-refractivity contribution in [3.05, 3.63) is 51.8 Å². The van der Waals surface area contributed by atoms with Gasteiger partial charge in [0, 0.05) is 36.1 Å². The van der Waals surface area contributed by atoms with Gasteiger partial charge in [0.2, 0.25) is 0 Å². The van der Waals surface area contributed by atoms with Gasteiger partial charge in [-0.25, -0.2) is 0 Å². The maximum atomic E-state index is 10.6. The van der Waals surface area contributed by atoms with E-state index in [0.717, 1.165) is 16.8 Å². The molecule has 4 nitrogen and oxygen atoms in total. The van der Waals surface area contributed by atoms with Crippen LogP contribution in [0.25, 0.3) is 11.1 Å². The molecular weight excluding hydrogens is 216 g/mol. The van der Waals surface area contributed by atoms with Crippen LogP contribution in [0.1, 0.15) is 11.4 Å². The minimum Gasteiger partial charge on any atom is -0.352 e. The molecule has 0 bridgehead atoms. The highest BCUT2D eigenvalue weighted by molar-refractivity contribution is 5.68. The van der Waals surface area contributed by atoms with Gasteiger partial charge in [0.15, 0.2) is 0 Å². The Hall–Kier alpha value is -2.10. The van der Waals surface area contributed by atoms with Gasteiger partial charge in [0.1, 0.15) is 0 Å². The largest absolute Gasteiger partial charge is 0.352 e. The van der Waals surface area contributed by atoms with Crippen LogP contribution in [0, 0.1) is 24.0 Å². The highest BCUT2D eigenvalue weighted by Crippen LogP contribution is 2.27. The molecule has 0 saturated carbocycles. The Morgan fingerprint density at radius 2 is 1.76 bits per heavy atom. The minimum absolute atomic E-state index is 0.124. The number of hydrogen-bond donors (Lipinski definition) is 0. The predicted molar refractivity (Wildman–Crippen MR) is 67.0 cm³/mol. The topological polar surface area (TPSA) is 48.1 Å².